The normalized spacial score (nSPS) is 12.2. The van der Waals surface area contributed by atoms with Crippen molar-refractivity contribution in [3.05, 3.63) is 24.0 Å². The van der Waals surface area contributed by atoms with Crippen LogP contribution in [0.3, 0.4) is 0 Å². The van der Waals surface area contributed by atoms with E-state index < -0.39 is 0 Å². The van der Waals surface area contributed by atoms with Gasteiger partial charge in [-0.05, 0) is 17.5 Å². The molecule has 2 heterocycles. The molecule has 0 aliphatic rings. The number of nitrogen functional groups attached to an aromatic ring is 1. The summed E-state index contributed by atoms with van der Waals surface area (Å²) in [5.41, 5.74) is 7.55. The summed E-state index contributed by atoms with van der Waals surface area (Å²) in [6.07, 6.45) is 0.777. The summed E-state index contributed by atoms with van der Waals surface area (Å²) in [5, 5.41) is 5.37. The lowest BCUT2D eigenvalue weighted by atomic mass is 9.92. The third-order valence-electron chi connectivity index (χ3n) is 3.24. The number of anilines is 1. The lowest BCUT2D eigenvalue weighted by Gasteiger charge is -2.14. The summed E-state index contributed by atoms with van der Waals surface area (Å²) in [7, 11) is 1.62. The molecule has 6 nitrogen and oxygen atoms in total. The molecular formula is C15H19N5O. The lowest BCUT2D eigenvalue weighted by Crippen LogP contribution is -2.10. The van der Waals surface area contributed by atoms with Gasteiger partial charge in [0.05, 0.1) is 7.11 Å². The highest BCUT2D eigenvalue weighted by molar-refractivity contribution is 5.95. The van der Waals surface area contributed by atoms with E-state index in [2.05, 4.69) is 35.8 Å². The predicted molar refractivity (Wildman–Crippen MR) is 82.4 cm³/mol. The summed E-state index contributed by atoms with van der Waals surface area (Å²) < 4.78 is 6.94. The van der Waals surface area contributed by atoms with E-state index in [1.54, 1.807) is 11.6 Å². The number of benzene rings is 1. The molecule has 0 atom stereocenters. The van der Waals surface area contributed by atoms with E-state index in [-0.39, 0.29) is 5.41 Å². The van der Waals surface area contributed by atoms with Crippen molar-refractivity contribution in [1.82, 2.24) is 19.6 Å². The molecule has 0 unspecified atom stereocenters. The van der Waals surface area contributed by atoms with Crippen molar-refractivity contribution in [3.8, 4) is 5.75 Å². The number of nitrogens with zero attached hydrogens (tertiary/aromatic N) is 4. The minimum absolute atomic E-state index is 0.112. The van der Waals surface area contributed by atoms with E-state index in [1.807, 2.05) is 18.2 Å². The van der Waals surface area contributed by atoms with E-state index in [1.165, 1.54) is 0 Å². The van der Waals surface area contributed by atoms with Gasteiger partial charge >= 0.3 is 0 Å². The van der Waals surface area contributed by atoms with E-state index in [9.17, 15) is 0 Å². The van der Waals surface area contributed by atoms with E-state index in [0.717, 1.165) is 23.3 Å². The highest BCUT2D eigenvalue weighted by atomic mass is 16.5. The number of para-hydroxylation sites is 1. The van der Waals surface area contributed by atoms with Gasteiger partial charge < -0.3 is 10.5 Å². The van der Waals surface area contributed by atoms with E-state index in [4.69, 9.17) is 10.5 Å². The molecule has 3 rings (SSSR count). The standard InChI is InChI=1S/C15H19N5O/c1-15(2,3)8-11-17-13-9-6-5-7-10(21-4)12(9)18-14(16)20(13)19-11/h5-7H,8H2,1-4H3,(H2,16,18). The van der Waals surface area contributed by atoms with Crippen LogP contribution in [-0.4, -0.2) is 26.7 Å². The van der Waals surface area contributed by atoms with Gasteiger partial charge in [-0.3, -0.25) is 0 Å². The Morgan fingerprint density at radius 3 is 2.67 bits per heavy atom. The largest absolute Gasteiger partial charge is 0.494 e. The quantitative estimate of drug-likeness (QED) is 0.782. The number of aromatic nitrogens is 4. The van der Waals surface area contributed by atoms with Crippen molar-refractivity contribution in [3.63, 3.8) is 0 Å². The first-order valence-corrected chi connectivity index (χ1v) is 6.87. The molecule has 2 aromatic heterocycles. The van der Waals surface area contributed by atoms with Gasteiger partial charge in [0.2, 0.25) is 5.95 Å². The van der Waals surface area contributed by atoms with Crippen LogP contribution in [0.2, 0.25) is 0 Å². The van der Waals surface area contributed by atoms with Gasteiger partial charge in [-0.15, -0.1) is 5.10 Å². The van der Waals surface area contributed by atoms with E-state index in [0.29, 0.717) is 17.2 Å². The van der Waals surface area contributed by atoms with Gasteiger partial charge in [-0.2, -0.15) is 4.52 Å². The summed E-state index contributed by atoms with van der Waals surface area (Å²) in [6, 6.07) is 5.73. The molecule has 3 aromatic rings. The Labute approximate surface area is 123 Å². The molecule has 0 spiro atoms. The van der Waals surface area contributed by atoms with Gasteiger partial charge in [-0.1, -0.05) is 26.8 Å². The van der Waals surface area contributed by atoms with Gasteiger partial charge in [-0.25, -0.2) is 9.97 Å². The van der Waals surface area contributed by atoms with Crippen LogP contribution in [0.4, 0.5) is 5.95 Å². The fourth-order valence-corrected chi connectivity index (χ4v) is 2.38. The van der Waals surface area contributed by atoms with Crippen LogP contribution in [0.5, 0.6) is 5.75 Å². The van der Waals surface area contributed by atoms with Crippen LogP contribution in [0.25, 0.3) is 16.6 Å². The van der Waals surface area contributed by atoms with Crippen molar-refractivity contribution >= 4 is 22.5 Å². The van der Waals surface area contributed by atoms with E-state index >= 15 is 0 Å². The lowest BCUT2D eigenvalue weighted by molar-refractivity contribution is 0.401. The number of ether oxygens (including phenoxy) is 1. The number of fused-ring (bicyclic) bond motifs is 3. The number of hydrogen-bond donors (Lipinski definition) is 1. The maximum Gasteiger partial charge on any atom is 0.223 e. The zero-order valence-corrected chi connectivity index (χ0v) is 12.7. The second-order valence-electron chi connectivity index (χ2n) is 6.33. The van der Waals surface area contributed by atoms with Crippen LogP contribution >= 0.6 is 0 Å². The van der Waals surface area contributed by atoms with Crippen molar-refractivity contribution in [2.24, 2.45) is 5.41 Å². The molecule has 0 saturated carbocycles. The monoisotopic (exact) mass is 285 g/mol. The molecule has 6 heteroatoms. The van der Waals surface area contributed by atoms with Crippen LogP contribution in [0.15, 0.2) is 18.2 Å². The Kier molecular flexibility index (Phi) is 2.97. The summed E-state index contributed by atoms with van der Waals surface area (Å²) in [5.74, 6) is 1.77. The first-order chi connectivity index (χ1) is 9.89. The van der Waals surface area contributed by atoms with Crippen molar-refractivity contribution in [2.75, 3.05) is 12.8 Å². The van der Waals surface area contributed by atoms with Gasteiger partial charge in [0.15, 0.2) is 11.5 Å². The molecule has 110 valence electrons. The summed E-state index contributed by atoms with van der Waals surface area (Å²) in [6.45, 7) is 6.46. The highest BCUT2D eigenvalue weighted by Crippen LogP contribution is 2.28. The molecule has 0 saturated heterocycles. The number of rotatable bonds is 2. The molecule has 0 fully saturated rings. The van der Waals surface area contributed by atoms with Crippen LogP contribution in [0, 0.1) is 5.41 Å². The molecule has 0 aliphatic carbocycles. The Morgan fingerprint density at radius 1 is 1.24 bits per heavy atom. The molecule has 21 heavy (non-hydrogen) atoms. The average Bonchev–Trinajstić information content (AvgIpc) is 2.80. The average molecular weight is 285 g/mol. The molecule has 1 aromatic carbocycles. The van der Waals surface area contributed by atoms with Crippen molar-refractivity contribution in [2.45, 2.75) is 27.2 Å². The summed E-state index contributed by atoms with van der Waals surface area (Å²) in [4.78, 5) is 9.04. The third kappa shape index (κ3) is 2.37. The fraction of sp³-hybridized carbons (Fsp3) is 0.400. The fourth-order valence-electron chi connectivity index (χ4n) is 2.38. The number of nitrogens with two attached hydrogens (primary N) is 1. The number of hydrogen-bond acceptors (Lipinski definition) is 5. The number of methoxy groups -OCH3 is 1. The minimum atomic E-state index is 0.112. The van der Waals surface area contributed by atoms with Crippen LogP contribution < -0.4 is 10.5 Å². The molecule has 0 aliphatic heterocycles. The zero-order valence-electron chi connectivity index (χ0n) is 12.7. The Morgan fingerprint density at radius 2 is 2.00 bits per heavy atom. The Hall–Kier alpha value is -2.37. The predicted octanol–water partition coefficient (Wildman–Crippen LogP) is 2.46. The Balaban J connectivity index is 2.29. The van der Waals surface area contributed by atoms with Gasteiger partial charge in [0.25, 0.3) is 0 Å². The highest BCUT2D eigenvalue weighted by Gasteiger charge is 2.18. The molecule has 0 amide bonds. The molecule has 0 radical (unpaired) electrons. The molecule has 0 bridgehead atoms. The third-order valence-corrected chi connectivity index (χ3v) is 3.24. The maximum atomic E-state index is 6.02. The van der Waals surface area contributed by atoms with Crippen LogP contribution in [-0.2, 0) is 6.42 Å². The SMILES string of the molecule is COc1cccc2c1nc(N)n1nc(CC(C)(C)C)nc21. The smallest absolute Gasteiger partial charge is 0.223 e. The van der Waals surface area contributed by atoms with Crippen molar-refractivity contribution in [1.29, 1.82) is 0 Å². The Bertz CT molecular complexity index is 816. The van der Waals surface area contributed by atoms with Gasteiger partial charge in [0, 0.05) is 11.8 Å². The topological polar surface area (TPSA) is 78.3 Å². The first kappa shape index (κ1) is 13.6. The molecule has 2 N–H and O–H groups in total. The maximum absolute atomic E-state index is 6.02. The first-order valence-electron chi connectivity index (χ1n) is 6.87. The summed E-state index contributed by atoms with van der Waals surface area (Å²) >= 11 is 0. The second-order valence-corrected chi connectivity index (χ2v) is 6.33. The second kappa shape index (κ2) is 4.58. The van der Waals surface area contributed by atoms with Gasteiger partial charge in [0.1, 0.15) is 11.3 Å². The minimum Gasteiger partial charge on any atom is -0.494 e. The van der Waals surface area contributed by atoms with Crippen molar-refractivity contribution < 1.29 is 4.74 Å². The zero-order chi connectivity index (χ0) is 15.2. The molecular weight excluding hydrogens is 266 g/mol. The van der Waals surface area contributed by atoms with Crippen LogP contribution in [0.1, 0.15) is 26.6 Å².